The molecular weight excluding hydrogens is 344 g/mol. The molecule has 0 aromatic heterocycles. The highest BCUT2D eigenvalue weighted by molar-refractivity contribution is 6.32. The van der Waals surface area contributed by atoms with Crippen LogP contribution in [0.5, 0.6) is 11.5 Å². The fourth-order valence-electron chi connectivity index (χ4n) is 2.04. The van der Waals surface area contributed by atoms with Crippen LogP contribution in [0.25, 0.3) is 0 Å². The second-order valence-corrected chi connectivity index (χ2v) is 7.11. The fraction of sp³-hybridized carbons (Fsp3) is 0.556. The molecular formula is C18H27ClN2O4. The van der Waals surface area contributed by atoms with E-state index in [0.717, 1.165) is 6.42 Å². The molecule has 0 atom stereocenters. The number of hydrogen-bond acceptors (Lipinski definition) is 4. The van der Waals surface area contributed by atoms with Crippen LogP contribution in [0.1, 0.15) is 34.1 Å². The van der Waals surface area contributed by atoms with Gasteiger partial charge in [0.15, 0.2) is 0 Å². The zero-order valence-electron chi connectivity index (χ0n) is 15.7. The van der Waals surface area contributed by atoms with E-state index in [9.17, 15) is 9.59 Å². The van der Waals surface area contributed by atoms with Crippen molar-refractivity contribution in [1.29, 1.82) is 0 Å². The predicted octanol–water partition coefficient (Wildman–Crippen LogP) is 3.48. The van der Waals surface area contributed by atoms with Gasteiger partial charge in [-0.25, -0.2) is 0 Å². The summed E-state index contributed by atoms with van der Waals surface area (Å²) in [4.78, 5) is 25.0. The summed E-state index contributed by atoms with van der Waals surface area (Å²) in [5.74, 6) is 0.484. The van der Waals surface area contributed by atoms with E-state index in [4.69, 9.17) is 21.1 Å². The van der Waals surface area contributed by atoms with E-state index < -0.39 is 11.3 Å². The van der Waals surface area contributed by atoms with Crippen LogP contribution in [0.15, 0.2) is 12.1 Å². The summed E-state index contributed by atoms with van der Waals surface area (Å²) >= 11 is 6.06. The van der Waals surface area contributed by atoms with Gasteiger partial charge in [-0.1, -0.05) is 25.4 Å². The zero-order valence-corrected chi connectivity index (χ0v) is 16.4. The van der Waals surface area contributed by atoms with E-state index in [-0.39, 0.29) is 5.91 Å². The highest BCUT2D eigenvalue weighted by Gasteiger charge is 2.36. The topological polar surface area (TPSA) is 76.7 Å². The first kappa shape index (κ1) is 21.1. The summed E-state index contributed by atoms with van der Waals surface area (Å²) in [6, 6.07) is 3.11. The molecule has 0 spiro atoms. The van der Waals surface area contributed by atoms with Gasteiger partial charge in [0, 0.05) is 18.7 Å². The number of carbonyl (C=O) groups is 2. The molecule has 0 aliphatic carbocycles. The number of carbonyl (C=O) groups excluding carboxylic acids is 2. The standard InChI is InChI=1S/C18H27ClN2O4/c1-11(2)7-8-20-16(22)18(3,4)17(23)21-13-10-14(24-5)12(19)9-15(13)25-6/h9-11H,7-8H2,1-6H3,(H,20,22)(H,21,23). The molecule has 0 saturated carbocycles. The van der Waals surface area contributed by atoms with Gasteiger partial charge in [-0.3, -0.25) is 9.59 Å². The first-order valence-corrected chi connectivity index (χ1v) is 8.52. The van der Waals surface area contributed by atoms with Gasteiger partial charge in [0.05, 0.1) is 24.9 Å². The van der Waals surface area contributed by atoms with E-state index in [1.807, 2.05) is 0 Å². The number of hydrogen-bond donors (Lipinski definition) is 2. The van der Waals surface area contributed by atoms with Gasteiger partial charge >= 0.3 is 0 Å². The molecule has 25 heavy (non-hydrogen) atoms. The third kappa shape index (κ3) is 5.53. The van der Waals surface area contributed by atoms with Gasteiger partial charge in [-0.2, -0.15) is 0 Å². The van der Waals surface area contributed by atoms with Crippen LogP contribution in [-0.4, -0.2) is 32.6 Å². The Kier molecular flexibility index (Phi) is 7.55. The molecule has 140 valence electrons. The Morgan fingerprint density at radius 2 is 1.72 bits per heavy atom. The lowest BCUT2D eigenvalue weighted by molar-refractivity contribution is -0.138. The van der Waals surface area contributed by atoms with Gasteiger partial charge in [0.2, 0.25) is 11.8 Å². The van der Waals surface area contributed by atoms with Gasteiger partial charge in [0.1, 0.15) is 16.9 Å². The molecule has 0 aliphatic rings. The van der Waals surface area contributed by atoms with E-state index in [1.165, 1.54) is 14.2 Å². The minimum atomic E-state index is -1.24. The highest BCUT2D eigenvalue weighted by Crippen LogP contribution is 2.36. The van der Waals surface area contributed by atoms with Crippen LogP contribution in [0, 0.1) is 11.3 Å². The minimum absolute atomic E-state index is 0.328. The van der Waals surface area contributed by atoms with Crippen molar-refractivity contribution < 1.29 is 19.1 Å². The summed E-state index contributed by atoms with van der Waals surface area (Å²) in [7, 11) is 2.95. The minimum Gasteiger partial charge on any atom is -0.495 e. The van der Waals surface area contributed by atoms with Crippen molar-refractivity contribution in [1.82, 2.24) is 5.32 Å². The van der Waals surface area contributed by atoms with E-state index >= 15 is 0 Å². The average Bonchev–Trinajstić information content (AvgIpc) is 2.55. The zero-order chi connectivity index (χ0) is 19.2. The number of methoxy groups -OCH3 is 2. The molecule has 6 nitrogen and oxygen atoms in total. The lowest BCUT2D eigenvalue weighted by atomic mass is 9.90. The monoisotopic (exact) mass is 370 g/mol. The summed E-state index contributed by atoms with van der Waals surface area (Å²) in [5.41, 5.74) is -0.855. The fourth-order valence-corrected chi connectivity index (χ4v) is 2.27. The molecule has 2 N–H and O–H groups in total. The van der Waals surface area contributed by atoms with Crippen molar-refractivity contribution >= 4 is 29.1 Å². The first-order chi connectivity index (χ1) is 11.6. The molecule has 0 bridgehead atoms. The number of benzene rings is 1. The maximum atomic E-state index is 12.6. The van der Waals surface area contributed by atoms with Crippen molar-refractivity contribution in [2.45, 2.75) is 34.1 Å². The average molecular weight is 371 g/mol. The normalized spacial score (nSPS) is 11.2. The third-order valence-electron chi connectivity index (χ3n) is 3.86. The van der Waals surface area contributed by atoms with Gasteiger partial charge in [0.25, 0.3) is 0 Å². The van der Waals surface area contributed by atoms with Crippen molar-refractivity contribution in [3.05, 3.63) is 17.2 Å². The number of halogens is 1. The van der Waals surface area contributed by atoms with Crippen LogP contribution in [0.2, 0.25) is 5.02 Å². The maximum absolute atomic E-state index is 12.6. The highest BCUT2D eigenvalue weighted by atomic mass is 35.5. The van der Waals surface area contributed by atoms with E-state index in [2.05, 4.69) is 24.5 Å². The van der Waals surface area contributed by atoms with E-state index in [1.54, 1.807) is 26.0 Å². The van der Waals surface area contributed by atoms with Gasteiger partial charge in [-0.15, -0.1) is 0 Å². The lowest BCUT2D eigenvalue weighted by Gasteiger charge is -2.24. The van der Waals surface area contributed by atoms with Crippen LogP contribution >= 0.6 is 11.6 Å². The Morgan fingerprint density at radius 3 is 2.24 bits per heavy atom. The summed E-state index contributed by atoms with van der Waals surface area (Å²) in [5, 5.41) is 5.89. The Bertz CT molecular complexity index is 630. The Balaban J connectivity index is 2.91. The Hall–Kier alpha value is -1.95. The van der Waals surface area contributed by atoms with Crippen LogP contribution < -0.4 is 20.1 Å². The predicted molar refractivity (Wildman–Crippen MR) is 99.4 cm³/mol. The second kappa shape index (κ2) is 8.94. The molecule has 1 rings (SSSR count). The number of ether oxygens (including phenoxy) is 2. The molecule has 0 fully saturated rings. The SMILES string of the molecule is COc1cc(NC(=O)C(C)(C)C(=O)NCCC(C)C)c(OC)cc1Cl. The molecule has 0 unspecified atom stereocenters. The molecule has 0 saturated heterocycles. The Morgan fingerprint density at radius 1 is 1.12 bits per heavy atom. The van der Waals surface area contributed by atoms with Crippen molar-refractivity contribution in [2.75, 3.05) is 26.1 Å². The van der Waals surface area contributed by atoms with Crippen molar-refractivity contribution in [3.63, 3.8) is 0 Å². The number of rotatable bonds is 8. The van der Waals surface area contributed by atoms with E-state index in [0.29, 0.717) is 34.7 Å². The quantitative estimate of drug-likeness (QED) is 0.687. The molecule has 7 heteroatoms. The molecule has 0 radical (unpaired) electrons. The first-order valence-electron chi connectivity index (χ1n) is 8.14. The van der Waals surface area contributed by atoms with Crippen molar-refractivity contribution in [2.24, 2.45) is 11.3 Å². The molecule has 1 aromatic carbocycles. The molecule has 2 amide bonds. The summed E-state index contributed by atoms with van der Waals surface area (Å²) in [6.45, 7) is 7.83. The third-order valence-corrected chi connectivity index (χ3v) is 4.16. The maximum Gasteiger partial charge on any atom is 0.239 e. The second-order valence-electron chi connectivity index (χ2n) is 6.70. The summed E-state index contributed by atoms with van der Waals surface area (Å²) < 4.78 is 10.4. The largest absolute Gasteiger partial charge is 0.495 e. The smallest absolute Gasteiger partial charge is 0.239 e. The molecule has 0 heterocycles. The van der Waals surface area contributed by atoms with Crippen molar-refractivity contribution in [3.8, 4) is 11.5 Å². The van der Waals surface area contributed by atoms with Crippen LogP contribution in [-0.2, 0) is 9.59 Å². The Labute approximate surface area is 154 Å². The number of amides is 2. The lowest BCUT2D eigenvalue weighted by Crippen LogP contribution is -2.45. The summed E-state index contributed by atoms with van der Waals surface area (Å²) in [6.07, 6.45) is 0.853. The number of nitrogens with one attached hydrogen (secondary N) is 2. The molecule has 1 aromatic rings. The van der Waals surface area contributed by atoms with Gasteiger partial charge < -0.3 is 20.1 Å². The van der Waals surface area contributed by atoms with Gasteiger partial charge in [-0.05, 0) is 26.2 Å². The van der Waals surface area contributed by atoms with Crippen LogP contribution in [0.3, 0.4) is 0 Å². The molecule has 0 aliphatic heterocycles. The number of anilines is 1. The van der Waals surface area contributed by atoms with Crippen LogP contribution in [0.4, 0.5) is 5.69 Å².